The second kappa shape index (κ2) is 3.50. The summed E-state index contributed by atoms with van der Waals surface area (Å²) in [5, 5.41) is 8.90. The Bertz CT molecular complexity index is 434. The molecule has 0 spiro atoms. The van der Waals surface area contributed by atoms with Gasteiger partial charge in [-0.15, -0.1) is 0 Å². The number of carboxylic acid groups (broad SMARTS) is 1. The highest BCUT2D eigenvalue weighted by atomic mass is 16.4. The first-order valence-electron chi connectivity index (χ1n) is 4.93. The Kier molecular flexibility index (Phi) is 2.31. The van der Waals surface area contributed by atoms with E-state index in [1.165, 1.54) is 0 Å². The van der Waals surface area contributed by atoms with Gasteiger partial charge in [0, 0.05) is 12.0 Å². The number of fused-ring (bicyclic) bond motifs is 1. The molecule has 0 aromatic heterocycles. The van der Waals surface area contributed by atoms with Crippen molar-refractivity contribution in [2.45, 2.75) is 19.8 Å². The van der Waals surface area contributed by atoms with E-state index in [1.54, 1.807) is 6.07 Å². The third kappa shape index (κ3) is 1.77. The lowest BCUT2D eigenvalue weighted by Gasteiger charge is -2.20. The summed E-state index contributed by atoms with van der Waals surface area (Å²) in [6, 6.07) is 5.59. The molecule has 1 aromatic carbocycles. The molecule has 1 atom stereocenters. The van der Waals surface area contributed by atoms with Gasteiger partial charge >= 0.3 is 5.97 Å². The van der Waals surface area contributed by atoms with Crippen LogP contribution in [-0.4, -0.2) is 16.9 Å². The van der Waals surface area contributed by atoms with Crippen molar-refractivity contribution in [3.63, 3.8) is 0 Å². The molecule has 15 heavy (non-hydrogen) atoms. The summed E-state index contributed by atoms with van der Waals surface area (Å²) in [5.41, 5.74) is 2.63. The van der Waals surface area contributed by atoms with Gasteiger partial charge in [-0.2, -0.15) is 0 Å². The van der Waals surface area contributed by atoms with E-state index in [4.69, 9.17) is 5.11 Å². The Morgan fingerprint density at radius 3 is 2.80 bits per heavy atom. The standard InChI is InChI=1S/C12H12O3/c1-7-2-3-10-8(4-7)5-9(12(14)15)6-11(10)13/h2-4,9H,5-6H2,1H3,(H,14,15). The summed E-state index contributed by atoms with van der Waals surface area (Å²) in [7, 11) is 0. The number of hydrogen-bond acceptors (Lipinski definition) is 2. The average Bonchev–Trinajstić information content (AvgIpc) is 2.16. The maximum atomic E-state index is 11.6. The lowest BCUT2D eigenvalue weighted by molar-refractivity contribution is -0.141. The highest BCUT2D eigenvalue weighted by Crippen LogP contribution is 2.26. The molecule has 0 heterocycles. The van der Waals surface area contributed by atoms with E-state index in [0.29, 0.717) is 12.0 Å². The maximum absolute atomic E-state index is 11.6. The average molecular weight is 204 g/mol. The normalized spacial score (nSPS) is 19.8. The Balaban J connectivity index is 2.41. The molecule has 1 unspecified atom stereocenters. The van der Waals surface area contributed by atoms with Gasteiger partial charge in [-0.3, -0.25) is 9.59 Å². The van der Waals surface area contributed by atoms with Gasteiger partial charge in [0.15, 0.2) is 5.78 Å². The van der Waals surface area contributed by atoms with Gasteiger partial charge in [-0.05, 0) is 18.9 Å². The molecule has 0 fully saturated rings. The van der Waals surface area contributed by atoms with Crippen molar-refractivity contribution in [1.29, 1.82) is 0 Å². The first kappa shape index (κ1) is 9.90. The van der Waals surface area contributed by atoms with Gasteiger partial charge in [0.1, 0.15) is 0 Å². The monoisotopic (exact) mass is 204 g/mol. The minimum Gasteiger partial charge on any atom is -0.481 e. The lowest BCUT2D eigenvalue weighted by atomic mass is 9.82. The fourth-order valence-corrected chi connectivity index (χ4v) is 2.01. The minimum atomic E-state index is -0.879. The van der Waals surface area contributed by atoms with Crippen LogP contribution in [0.1, 0.15) is 27.9 Å². The fourth-order valence-electron chi connectivity index (χ4n) is 2.01. The number of carbonyl (C=O) groups is 2. The van der Waals surface area contributed by atoms with Crippen molar-refractivity contribution in [2.24, 2.45) is 5.92 Å². The molecular weight excluding hydrogens is 192 g/mol. The largest absolute Gasteiger partial charge is 0.481 e. The number of carbonyl (C=O) groups excluding carboxylic acids is 1. The Morgan fingerprint density at radius 1 is 1.40 bits per heavy atom. The van der Waals surface area contributed by atoms with Gasteiger partial charge in [0.05, 0.1) is 5.92 Å². The highest BCUT2D eigenvalue weighted by Gasteiger charge is 2.29. The third-order valence-corrected chi connectivity index (χ3v) is 2.81. The van der Waals surface area contributed by atoms with Crippen LogP contribution >= 0.6 is 0 Å². The second-order valence-electron chi connectivity index (χ2n) is 4.03. The summed E-state index contributed by atoms with van der Waals surface area (Å²) in [6.45, 7) is 1.94. The number of Topliss-reactive ketones (excluding diaryl/α,β-unsaturated/α-hetero) is 1. The van der Waals surface area contributed by atoms with Crippen molar-refractivity contribution in [3.05, 3.63) is 34.9 Å². The van der Waals surface area contributed by atoms with E-state index < -0.39 is 11.9 Å². The summed E-state index contributed by atoms with van der Waals surface area (Å²) in [6.07, 6.45) is 0.601. The Hall–Kier alpha value is -1.64. The van der Waals surface area contributed by atoms with E-state index in [1.807, 2.05) is 19.1 Å². The minimum absolute atomic E-state index is 0.0522. The van der Waals surface area contributed by atoms with Crippen molar-refractivity contribution >= 4 is 11.8 Å². The zero-order valence-corrected chi connectivity index (χ0v) is 8.49. The number of hydrogen-bond donors (Lipinski definition) is 1. The van der Waals surface area contributed by atoms with E-state index in [9.17, 15) is 9.59 Å². The Morgan fingerprint density at radius 2 is 2.13 bits per heavy atom. The van der Waals surface area contributed by atoms with Crippen LogP contribution in [0.5, 0.6) is 0 Å². The number of carboxylic acids is 1. The molecule has 3 nitrogen and oxygen atoms in total. The zero-order chi connectivity index (χ0) is 11.0. The third-order valence-electron chi connectivity index (χ3n) is 2.81. The predicted octanol–water partition coefficient (Wildman–Crippen LogP) is 1.82. The van der Waals surface area contributed by atoms with Crippen LogP contribution in [0.15, 0.2) is 18.2 Å². The van der Waals surface area contributed by atoms with Gasteiger partial charge in [0.25, 0.3) is 0 Å². The molecule has 0 amide bonds. The van der Waals surface area contributed by atoms with Crippen molar-refractivity contribution < 1.29 is 14.7 Å². The molecule has 0 radical (unpaired) electrons. The van der Waals surface area contributed by atoms with Crippen LogP contribution in [-0.2, 0) is 11.2 Å². The molecule has 78 valence electrons. The van der Waals surface area contributed by atoms with Gasteiger partial charge in [-0.25, -0.2) is 0 Å². The van der Waals surface area contributed by atoms with Crippen LogP contribution in [0.4, 0.5) is 0 Å². The number of ketones is 1. The topological polar surface area (TPSA) is 54.4 Å². The molecule has 0 aliphatic heterocycles. The van der Waals surface area contributed by atoms with E-state index in [-0.39, 0.29) is 12.2 Å². The molecule has 1 aromatic rings. The zero-order valence-electron chi connectivity index (χ0n) is 8.49. The highest BCUT2D eigenvalue weighted by molar-refractivity contribution is 6.00. The van der Waals surface area contributed by atoms with E-state index in [2.05, 4.69) is 0 Å². The molecule has 0 bridgehead atoms. The summed E-state index contributed by atoms with van der Waals surface area (Å²) in [4.78, 5) is 22.5. The molecule has 0 saturated carbocycles. The van der Waals surface area contributed by atoms with Crippen LogP contribution in [0.3, 0.4) is 0 Å². The molecule has 0 saturated heterocycles. The smallest absolute Gasteiger partial charge is 0.307 e. The van der Waals surface area contributed by atoms with Crippen LogP contribution in [0, 0.1) is 12.8 Å². The summed E-state index contributed by atoms with van der Waals surface area (Å²) >= 11 is 0. The van der Waals surface area contributed by atoms with Crippen molar-refractivity contribution in [2.75, 3.05) is 0 Å². The van der Waals surface area contributed by atoms with Gasteiger partial charge in [-0.1, -0.05) is 23.8 Å². The molecule has 3 heteroatoms. The number of aryl methyl sites for hydroxylation is 1. The molecule has 1 N–H and O–H groups in total. The molecule has 1 aliphatic carbocycles. The summed E-state index contributed by atoms with van der Waals surface area (Å²) < 4.78 is 0. The molecular formula is C12H12O3. The fraction of sp³-hybridized carbons (Fsp3) is 0.333. The molecule has 1 aliphatic rings. The van der Waals surface area contributed by atoms with Gasteiger partial charge in [0.2, 0.25) is 0 Å². The van der Waals surface area contributed by atoms with E-state index in [0.717, 1.165) is 11.1 Å². The maximum Gasteiger partial charge on any atom is 0.307 e. The van der Waals surface area contributed by atoms with Gasteiger partial charge < -0.3 is 5.11 Å². The first-order valence-corrected chi connectivity index (χ1v) is 4.93. The van der Waals surface area contributed by atoms with Crippen LogP contribution in [0.2, 0.25) is 0 Å². The lowest BCUT2D eigenvalue weighted by Crippen LogP contribution is -2.26. The van der Waals surface area contributed by atoms with Crippen molar-refractivity contribution in [3.8, 4) is 0 Å². The number of benzene rings is 1. The van der Waals surface area contributed by atoms with Crippen LogP contribution in [0.25, 0.3) is 0 Å². The Labute approximate surface area is 87.7 Å². The first-order chi connectivity index (χ1) is 7.08. The molecule has 2 rings (SSSR count). The summed E-state index contributed by atoms with van der Waals surface area (Å²) in [5.74, 6) is -1.48. The van der Waals surface area contributed by atoms with Crippen LogP contribution < -0.4 is 0 Å². The quantitative estimate of drug-likeness (QED) is 0.759. The van der Waals surface area contributed by atoms with E-state index >= 15 is 0 Å². The second-order valence-corrected chi connectivity index (χ2v) is 4.03. The van der Waals surface area contributed by atoms with Crippen molar-refractivity contribution in [1.82, 2.24) is 0 Å². The SMILES string of the molecule is Cc1ccc2c(c1)CC(C(=O)O)CC2=O. The predicted molar refractivity (Wildman–Crippen MR) is 55.0 cm³/mol. The number of aliphatic carboxylic acids is 1. The number of rotatable bonds is 1.